The van der Waals surface area contributed by atoms with E-state index in [9.17, 15) is 23.2 Å². The van der Waals surface area contributed by atoms with Crippen LogP contribution in [0.25, 0.3) is 0 Å². The highest BCUT2D eigenvalue weighted by molar-refractivity contribution is 5.99. The zero-order valence-corrected chi connectivity index (χ0v) is 18.5. The van der Waals surface area contributed by atoms with Crippen molar-refractivity contribution in [3.05, 3.63) is 53.1 Å². The normalized spacial score (nSPS) is 10.7. The summed E-state index contributed by atoms with van der Waals surface area (Å²) in [6.45, 7) is -2.73. The lowest BCUT2D eigenvalue weighted by Crippen LogP contribution is -2.30. The molecule has 2 aromatic carbocycles. The Morgan fingerprint density at radius 1 is 0.939 bits per heavy atom. The van der Waals surface area contributed by atoms with Crippen molar-refractivity contribution in [3.8, 4) is 11.5 Å². The summed E-state index contributed by atoms with van der Waals surface area (Å²) >= 11 is 0. The van der Waals surface area contributed by atoms with Crippen LogP contribution in [0.5, 0.6) is 11.5 Å². The molecule has 0 radical (unpaired) electrons. The number of nitrogens with one attached hydrogen (secondary N) is 1. The number of methoxy groups -OCH3 is 3. The van der Waals surface area contributed by atoms with E-state index < -0.39 is 24.5 Å². The predicted octanol–water partition coefficient (Wildman–Crippen LogP) is 2.94. The van der Waals surface area contributed by atoms with E-state index in [0.29, 0.717) is 12.1 Å². The molecule has 2 aromatic rings. The summed E-state index contributed by atoms with van der Waals surface area (Å²) in [7, 11) is 5.41. The van der Waals surface area contributed by atoms with Crippen LogP contribution in [-0.4, -0.2) is 64.3 Å². The number of benzene rings is 2. The van der Waals surface area contributed by atoms with Gasteiger partial charge in [0, 0.05) is 12.2 Å². The van der Waals surface area contributed by atoms with E-state index >= 15 is 0 Å². The van der Waals surface area contributed by atoms with Crippen molar-refractivity contribution in [1.82, 2.24) is 4.90 Å². The first-order chi connectivity index (χ1) is 15.7. The highest BCUT2D eigenvalue weighted by atomic mass is 19.3. The van der Waals surface area contributed by atoms with Crippen molar-refractivity contribution >= 4 is 23.5 Å². The second-order valence-corrected chi connectivity index (χ2v) is 6.87. The number of anilines is 1. The standard InChI is InChI=1S/C22H24F2N2O7/c1-26(11-13-5-6-17(33-22(23)24)18(7-13)30-2)12-19(27)25-16-9-14(20(28)31-3)8-15(10-16)21(29)32-4/h5-10,22H,11-12H2,1-4H3,(H,25,27). The first-order valence-corrected chi connectivity index (χ1v) is 9.58. The minimum absolute atomic E-state index is 0.0480. The monoisotopic (exact) mass is 466 g/mol. The van der Waals surface area contributed by atoms with E-state index in [1.54, 1.807) is 18.0 Å². The second-order valence-electron chi connectivity index (χ2n) is 6.87. The van der Waals surface area contributed by atoms with Gasteiger partial charge in [0.05, 0.1) is 39.0 Å². The molecule has 0 heterocycles. The van der Waals surface area contributed by atoms with Crippen molar-refractivity contribution in [1.29, 1.82) is 0 Å². The summed E-state index contributed by atoms with van der Waals surface area (Å²) in [5.41, 5.74) is 1.06. The van der Waals surface area contributed by atoms with Crippen molar-refractivity contribution in [2.75, 3.05) is 40.2 Å². The molecule has 0 atom stereocenters. The molecular weight excluding hydrogens is 442 g/mol. The maximum Gasteiger partial charge on any atom is 0.387 e. The molecule has 1 N–H and O–H groups in total. The number of halogens is 2. The van der Waals surface area contributed by atoms with Crippen molar-refractivity contribution in [3.63, 3.8) is 0 Å². The molecule has 0 aliphatic carbocycles. The molecule has 0 fully saturated rings. The lowest BCUT2D eigenvalue weighted by atomic mass is 10.1. The average Bonchev–Trinajstić information content (AvgIpc) is 2.78. The molecular formula is C22H24F2N2O7. The number of rotatable bonds is 10. The summed E-state index contributed by atoms with van der Waals surface area (Å²) in [5.74, 6) is -1.73. The molecule has 0 aliphatic heterocycles. The molecule has 11 heteroatoms. The van der Waals surface area contributed by atoms with Gasteiger partial charge in [0.1, 0.15) is 0 Å². The lowest BCUT2D eigenvalue weighted by Gasteiger charge is -2.18. The van der Waals surface area contributed by atoms with Gasteiger partial charge in [-0.15, -0.1) is 0 Å². The smallest absolute Gasteiger partial charge is 0.387 e. The lowest BCUT2D eigenvalue weighted by molar-refractivity contribution is -0.117. The van der Waals surface area contributed by atoms with E-state index in [2.05, 4.69) is 19.5 Å². The van der Waals surface area contributed by atoms with Crippen LogP contribution >= 0.6 is 0 Å². The van der Waals surface area contributed by atoms with Gasteiger partial charge in [0.2, 0.25) is 5.91 Å². The van der Waals surface area contributed by atoms with Crippen LogP contribution in [0.3, 0.4) is 0 Å². The topological polar surface area (TPSA) is 103 Å². The molecule has 0 spiro atoms. The molecule has 0 aromatic heterocycles. The maximum atomic E-state index is 12.5. The number of amides is 1. The van der Waals surface area contributed by atoms with Crippen LogP contribution in [0.2, 0.25) is 0 Å². The quantitative estimate of drug-likeness (QED) is 0.533. The number of esters is 2. The van der Waals surface area contributed by atoms with E-state index in [1.165, 1.54) is 51.7 Å². The number of ether oxygens (including phenoxy) is 4. The molecule has 9 nitrogen and oxygen atoms in total. The molecule has 33 heavy (non-hydrogen) atoms. The number of hydrogen-bond donors (Lipinski definition) is 1. The zero-order chi connectivity index (χ0) is 24.5. The van der Waals surface area contributed by atoms with Crippen LogP contribution in [0.1, 0.15) is 26.3 Å². The Labute approximate surface area is 189 Å². The third-order valence-corrected chi connectivity index (χ3v) is 4.37. The fourth-order valence-electron chi connectivity index (χ4n) is 2.99. The van der Waals surface area contributed by atoms with Gasteiger partial charge in [-0.05, 0) is 42.9 Å². The van der Waals surface area contributed by atoms with Crippen molar-refractivity contribution in [2.24, 2.45) is 0 Å². The van der Waals surface area contributed by atoms with Gasteiger partial charge in [-0.2, -0.15) is 8.78 Å². The van der Waals surface area contributed by atoms with Gasteiger partial charge in [0.25, 0.3) is 0 Å². The van der Waals surface area contributed by atoms with Crippen LogP contribution in [0.15, 0.2) is 36.4 Å². The van der Waals surface area contributed by atoms with Crippen LogP contribution in [0.4, 0.5) is 14.5 Å². The molecule has 0 bridgehead atoms. The Balaban J connectivity index is 2.08. The van der Waals surface area contributed by atoms with Gasteiger partial charge < -0.3 is 24.3 Å². The third kappa shape index (κ3) is 7.42. The first-order valence-electron chi connectivity index (χ1n) is 9.58. The SMILES string of the molecule is COC(=O)c1cc(NC(=O)CN(C)Cc2ccc(OC(F)F)c(OC)c2)cc(C(=O)OC)c1. The number of carbonyl (C=O) groups excluding carboxylic acids is 3. The minimum atomic E-state index is -2.98. The predicted molar refractivity (Wildman–Crippen MR) is 114 cm³/mol. The molecule has 0 unspecified atom stereocenters. The summed E-state index contributed by atoms with van der Waals surface area (Å²) in [4.78, 5) is 37.9. The highest BCUT2D eigenvalue weighted by Gasteiger charge is 2.16. The fraction of sp³-hybridized carbons (Fsp3) is 0.318. The van der Waals surface area contributed by atoms with Crippen molar-refractivity contribution < 1.29 is 42.1 Å². The summed E-state index contributed by atoms with van der Waals surface area (Å²) < 4.78 is 43.7. The van der Waals surface area contributed by atoms with Crippen LogP contribution in [-0.2, 0) is 20.8 Å². The van der Waals surface area contributed by atoms with Crippen LogP contribution < -0.4 is 14.8 Å². The minimum Gasteiger partial charge on any atom is -0.493 e. The average molecular weight is 466 g/mol. The van der Waals surface area contributed by atoms with Crippen LogP contribution in [0, 0.1) is 0 Å². The molecule has 178 valence electrons. The molecule has 2 rings (SSSR count). The number of carbonyl (C=O) groups is 3. The Hall–Kier alpha value is -3.73. The third-order valence-electron chi connectivity index (χ3n) is 4.37. The summed E-state index contributed by atoms with van der Waals surface area (Å²) in [5, 5.41) is 2.63. The Kier molecular flexibility index (Phi) is 9.10. The number of hydrogen-bond acceptors (Lipinski definition) is 8. The molecule has 1 amide bonds. The van der Waals surface area contributed by atoms with Gasteiger partial charge in [-0.25, -0.2) is 9.59 Å². The van der Waals surface area contributed by atoms with E-state index in [1.807, 2.05) is 0 Å². The Bertz CT molecular complexity index is 980. The fourth-order valence-corrected chi connectivity index (χ4v) is 2.99. The molecule has 0 saturated heterocycles. The largest absolute Gasteiger partial charge is 0.493 e. The van der Waals surface area contributed by atoms with Gasteiger partial charge >= 0.3 is 18.6 Å². The Morgan fingerprint density at radius 3 is 2.06 bits per heavy atom. The van der Waals surface area contributed by atoms with E-state index in [-0.39, 0.29) is 34.9 Å². The Morgan fingerprint density at radius 2 is 1.55 bits per heavy atom. The molecule has 0 aliphatic rings. The molecule has 0 saturated carbocycles. The number of nitrogens with zero attached hydrogens (tertiary/aromatic N) is 1. The zero-order valence-electron chi connectivity index (χ0n) is 18.5. The van der Waals surface area contributed by atoms with E-state index in [0.717, 1.165) is 0 Å². The second kappa shape index (κ2) is 11.8. The van der Waals surface area contributed by atoms with Crippen molar-refractivity contribution in [2.45, 2.75) is 13.2 Å². The highest BCUT2D eigenvalue weighted by Crippen LogP contribution is 2.29. The number of alkyl halides is 2. The first kappa shape index (κ1) is 25.5. The summed E-state index contributed by atoms with van der Waals surface area (Å²) in [6, 6.07) is 8.53. The van der Waals surface area contributed by atoms with Gasteiger partial charge in [-0.3, -0.25) is 9.69 Å². The van der Waals surface area contributed by atoms with Gasteiger partial charge in [-0.1, -0.05) is 6.07 Å². The maximum absolute atomic E-state index is 12.5. The summed E-state index contributed by atoms with van der Waals surface area (Å²) in [6.07, 6.45) is 0. The van der Waals surface area contributed by atoms with Gasteiger partial charge in [0.15, 0.2) is 11.5 Å². The van der Waals surface area contributed by atoms with E-state index in [4.69, 9.17) is 4.74 Å². The number of likely N-dealkylation sites (N-methyl/N-ethyl adjacent to an activating group) is 1.